The van der Waals surface area contributed by atoms with E-state index >= 15 is 0 Å². The predicted octanol–water partition coefficient (Wildman–Crippen LogP) is 8.10. The molecule has 0 aromatic heterocycles. The van der Waals surface area contributed by atoms with Crippen LogP contribution in [0, 0.1) is 0 Å². The maximum absolute atomic E-state index is 14.0. The second-order valence-corrected chi connectivity index (χ2v) is 14.0. The molecule has 0 N–H and O–H groups in total. The highest BCUT2D eigenvalue weighted by atomic mass is 32.1. The molecule has 0 bridgehead atoms. The summed E-state index contributed by atoms with van der Waals surface area (Å²) >= 11 is 0. The Morgan fingerprint density at radius 1 is 1.09 bits per heavy atom. The Morgan fingerprint density at radius 2 is 1.65 bits per heavy atom. The van der Waals surface area contributed by atoms with E-state index < -0.39 is 22.5 Å². The van der Waals surface area contributed by atoms with Crippen molar-refractivity contribution in [3.05, 3.63) is 29.8 Å². The molecule has 0 radical (unpaired) electrons. The quantitative estimate of drug-likeness (QED) is 0.469. The molecule has 2 rings (SSSR count). The maximum Gasteiger partial charge on any atom is 0.422 e. The van der Waals surface area contributed by atoms with Crippen LogP contribution in [0.25, 0.3) is 0 Å². The van der Waals surface area contributed by atoms with E-state index in [1.54, 1.807) is 12.1 Å². The van der Waals surface area contributed by atoms with Crippen LogP contribution in [-0.4, -0.2) is 6.66 Å². The molecular weight excluding hydrogens is 383 g/mol. The fourth-order valence-electron chi connectivity index (χ4n) is 2.00. The zero-order valence-corrected chi connectivity index (χ0v) is 17.2. The van der Waals surface area contributed by atoms with Crippen molar-refractivity contribution in [2.45, 2.75) is 32.6 Å². The summed E-state index contributed by atoms with van der Waals surface area (Å²) in [6.07, 6.45) is 0.960. The molecule has 4 nitrogen and oxygen atoms in total. The van der Waals surface area contributed by atoms with Gasteiger partial charge in [0.1, 0.15) is 5.75 Å². The predicted molar refractivity (Wildman–Crippen MR) is 97.4 cm³/mol. The molecule has 11 heteroatoms. The van der Waals surface area contributed by atoms with Gasteiger partial charge in [0.25, 0.3) is 7.12 Å². The largest absolute Gasteiger partial charge is 0.439 e. The third-order valence-electron chi connectivity index (χ3n) is 3.56. The molecule has 1 heterocycles. The van der Waals surface area contributed by atoms with Crippen molar-refractivity contribution in [2.24, 2.45) is 13.5 Å². The minimum atomic E-state index is -5.02. The molecule has 0 aliphatic carbocycles. The first-order chi connectivity index (χ1) is 10.4. The summed E-state index contributed by atoms with van der Waals surface area (Å²) in [5.74, 6) is 0.346. The lowest BCUT2D eigenvalue weighted by atomic mass is 9.82. The van der Waals surface area contributed by atoms with E-state index in [1.807, 2.05) is 12.1 Å². The molecule has 3 unspecified atom stereocenters. The summed E-state index contributed by atoms with van der Waals surface area (Å²) in [5.41, 5.74) is 1.11. The summed E-state index contributed by atoms with van der Waals surface area (Å²) in [7, 11) is -10.2. The van der Waals surface area contributed by atoms with Crippen LogP contribution in [-0.2, 0) is 5.41 Å². The van der Waals surface area contributed by atoms with E-state index in [-0.39, 0.29) is 5.41 Å². The molecule has 3 atom stereocenters. The monoisotopic (exact) mass is 403 g/mol. The van der Waals surface area contributed by atoms with Crippen molar-refractivity contribution in [1.29, 1.82) is 0 Å². The molecule has 0 fully saturated rings. The van der Waals surface area contributed by atoms with Gasteiger partial charge in [-0.3, -0.25) is 0 Å². The number of hydrogen-bond acceptors (Lipinski definition) is 4. The SMILES string of the molecule is CCC(C)(C)c1ccc(OP2(P)=NP(C)(F)=NP(F)(F)=N2)cc1. The first-order valence-corrected chi connectivity index (χ1v) is 13.7. The first kappa shape index (κ1) is 19.3. The highest BCUT2D eigenvalue weighted by Gasteiger charge is 2.34. The van der Waals surface area contributed by atoms with Gasteiger partial charge in [-0.2, -0.15) is 13.2 Å². The lowest BCUT2D eigenvalue weighted by Crippen LogP contribution is -2.14. The van der Waals surface area contributed by atoms with Crippen LogP contribution in [0.5, 0.6) is 5.75 Å². The molecule has 130 valence electrons. The number of halogens is 3. The Kier molecular flexibility index (Phi) is 5.31. The van der Waals surface area contributed by atoms with Crippen molar-refractivity contribution < 1.29 is 17.1 Å². The van der Waals surface area contributed by atoms with Gasteiger partial charge >= 0.3 is 7.83 Å². The topological polar surface area (TPSA) is 46.3 Å². The summed E-state index contributed by atoms with van der Waals surface area (Å²) in [4.78, 5) is 0. The van der Waals surface area contributed by atoms with Crippen LogP contribution in [0.1, 0.15) is 32.8 Å². The minimum Gasteiger partial charge on any atom is -0.439 e. The number of benzene rings is 1. The average molecular weight is 403 g/mol. The second kappa shape index (κ2) is 6.34. The molecular formula is C12H20F3N3OP4. The van der Waals surface area contributed by atoms with Crippen LogP contribution < -0.4 is 4.52 Å². The van der Waals surface area contributed by atoms with E-state index in [0.717, 1.165) is 18.6 Å². The average Bonchev–Trinajstić information content (AvgIpc) is 2.34. The molecule has 0 saturated heterocycles. The molecule has 0 spiro atoms. The van der Waals surface area contributed by atoms with Gasteiger partial charge in [-0.1, -0.05) is 32.9 Å². The van der Waals surface area contributed by atoms with Crippen molar-refractivity contribution >= 4 is 31.4 Å². The van der Waals surface area contributed by atoms with Crippen molar-refractivity contribution in [3.63, 3.8) is 0 Å². The van der Waals surface area contributed by atoms with E-state index in [0.29, 0.717) is 5.75 Å². The molecule has 1 aromatic carbocycles. The van der Waals surface area contributed by atoms with Crippen molar-refractivity contribution in [1.82, 2.24) is 0 Å². The van der Waals surface area contributed by atoms with Gasteiger partial charge in [-0.25, -0.2) is 0 Å². The Hall–Kier alpha value is -0.0700. The van der Waals surface area contributed by atoms with Crippen molar-refractivity contribution in [3.8, 4) is 5.75 Å². The molecule has 0 amide bonds. The van der Waals surface area contributed by atoms with Gasteiger partial charge < -0.3 is 4.52 Å². The van der Waals surface area contributed by atoms with Gasteiger partial charge in [0, 0.05) is 6.66 Å². The fraction of sp³-hybridized carbons (Fsp3) is 0.500. The Labute approximate surface area is 137 Å². The number of hydrogen-bond donors (Lipinski definition) is 0. The molecule has 1 aliphatic rings. The molecule has 0 saturated carbocycles. The lowest BCUT2D eigenvalue weighted by Gasteiger charge is -2.25. The van der Waals surface area contributed by atoms with Crippen LogP contribution in [0.4, 0.5) is 12.6 Å². The standard InChI is InChI=1S/C12H20F3N3OP4/c1-5-12(2,3)10-6-8-11(9-7-10)19-23(20)17-21(4,13)16-22(14,15)18-23/h6-9H,5,20H2,1-4H3. The third-order valence-corrected chi connectivity index (χ3v) is 12.6. The molecule has 23 heavy (non-hydrogen) atoms. The minimum absolute atomic E-state index is 0.00635. The van der Waals surface area contributed by atoms with Gasteiger partial charge in [-0.05, 0) is 38.5 Å². The van der Waals surface area contributed by atoms with E-state index in [9.17, 15) is 12.6 Å². The summed E-state index contributed by atoms with van der Waals surface area (Å²) in [5, 5.41) is 0. The lowest BCUT2D eigenvalue weighted by molar-refractivity contribution is 0.505. The highest BCUT2D eigenvalue weighted by Crippen LogP contribution is 2.81. The van der Waals surface area contributed by atoms with Gasteiger partial charge in [0.15, 0.2) is 0 Å². The molecule has 1 aromatic rings. The summed E-state index contributed by atoms with van der Waals surface area (Å²) < 4.78 is 56.7. The highest BCUT2D eigenvalue weighted by molar-refractivity contribution is 8.18. The van der Waals surface area contributed by atoms with Crippen molar-refractivity contribution in [2.75, 3.05) is 6.66 Å². The van der Waals surface area contributed by atoms with Crippen LogP contribution in [0.2, 0.25) is 0 Å². The number of nitrogens with zero attached hydrogens (tertiary/aromatic N) is 3. The Balaban J connectivity index is 2.35. The zero-order chi connectivity index (χ0) is 17.5. The fourth-order valence-corrected chi connectivity index (χ4v) is 12.0. The second-order valence-electron chi connectivity index (χ2n) is 5.98. The first-order valence-electron chi connectivity index (χ1n) is 6.93. The van der Waals surface area contributed by atoms with Crippen LogP contribution in [0.15, 0.2) is 37.8 Å². The summed E-state index contributed by atoms with van der Waals surface area (Å²) in [6, 6.07) is 7.11. The third kappa shape index (κ3) is 4.95. The van der Waals surface area contributed by atoms with Gasteiger partial charge in [0.05, 0.1) is 0 Å². The smallest absolute Gasteiger partial charge is 0.422 e. The Bertz CT molecular complexity index is 757. The van der Waals surface area contributed by atoms with E-state index in [4.69, 9.17) is 4.52 Å². The van der Waals surface area contributed by atoms with Gasteiger partial charge in [-0.15, -0.1) is 12.9 Å². The van der Waals surface area contributed by atoms with Crippen LogP contribution >= 0.6 is 31.4 Å². The Morgan fingerprint density at radius 3 is 2.13 bits per heavy atom. The van der Waals surface area contributed by atoms with Gasteiger partial charge in [0.2, 0.25) is 7.52 Å². The van der Waals surface area contributed by atoms with E-state index in [1.165, 1.54) is 0 Å². The van der Waals surface area contributed by atoms with Crippen LogP contribution in [0.3, 0.4) is 0 Å². The normalized spacial score (nSPS) is 29.9. The zero-order valence-electron chi connectivity index (χ0n) is 13.3. The number of rotatable bonds is 4. The van der Waals surface area contributed by atoms with E-state index in [2.05, 4.69) is 43.2 Å². The maximum atomic E-state index is 14.0. The molecule has 1 aliphatic heterocycles. The summed E-state index contributed by atoms with van der Waals surface area (Å²) in [6.45, 7) is 7.31.